The SMILES string of the molecule is c1ccc(-c2cccc3cc4ccccc4c(-c4ccc5ccccc5c4)c23)cc1. The third kappa shape index (κ3) is 2.69. The molecule has 6 aromatic carbocycles. The molecule has 0 spiro atoms. The standard InChI is InChI=1S/C30H20/c1-2-10-22(11-3-1)27-16-8-14-25-20-24-13-6-7-15-28(24)30(29(25)27)26-18-17-21-9-4-5-12-23(21)19-26/h1-20H. The summed E-state index contributed by atoms with van der Waals surface area (Å²) >= 11 is 0. The number of benzene rings is 6. The normalized spacial score (nSPS) is 11.3. The van der Waals surface area contributed by atoms with Crippen molar-refractivity contribution in [3.8, 4) is 22.3 Å². The molecular formula is C30H20. The van der Waals surface area contributed by atoms with Crippen molar-refractivity contribution < 1.29 is 0 Å². The third-order valence-electron chi connectivity index (χ3n) is 6.01. The highest BCUT2D eigenvalue weighted by molar-refractivity contribution is 6.17. The summed E-state index contributed by atoms with van der Waals surface area (Å²) in [7, 11) is 0. The molecule has 0 saturated heterocycles. The van der Waals surface area contributed by atoms with Crippen molar-refractivity contribution in [1.29, 1.82) is 0 Å². The first-order valence-corrected chi connectivity index (χ1v) is 10.4. The largest absolute Gasteiger partial charge is 0.0622 e. The predicted molar refractivity (Wildman–Crippen MR) is 130 cm³/mol. The van der Waals surface area contributed by atoms with Gasteiger partial charge in [-0.3, -0.25) is 0 Å². The van der Waals surface area contributed by atoms with Gasteiger partial charge in [0, 0.05) is 0 Å². The summed E-state index contributed by atoms with van der Waals surface area (Å²) in [6.07, 6.45) is 0. The number of hydrogen-bond acceptors (Lipinski definition) is 0. The smallest absolute Gasteiger partial charge is 0.00203 e. The van der Waals surface area contributed by atoms with Crippen LogP contribution in [0.25, 0.3) is 54.6 Å². The second kappa shape index (κ2) is 6.86. The molecule has 0 atom stereocenters. The van der Waals surface area contributed by atoms with Crippen LogP contribution in [0.5, 0.6) is 0 Å². The molecule has 6 rings (SSSR count). The summed E-state index contributed by atoms with van der Waals surface area (Å²) in [5.41, 5.74) is 5.11. The lowest BCUT2D eigenvalue weighted by Gasteiger charge is -2.16. The molecule has 6 aromatic rings. The molecule has 0 bridgehead atoms. The zero-order chi connectivity index (χ0) is 19.9. The topological polar surface area (TPSA) is 0 Å². The lowest BCUT2D eigenvalue weighted by atomic mass is 9.87. The lowest BCUT2D eigenvalue weighted by molar-refractivity contribution is 1.65. The molecule has 0 aliphatic rings. The van der Waals surface area contributed by atoms with E-state index < -0.39 is 0 Å². The minimum absolute atomic E-state index is 1.25. The molecule has 0 aliphatic heterocycles. The molecule has 0 fully saturated rings. The zero-order valence-electron chi connectivity index (χ0n) is 16.5. The lowest BCUT2D eigenvalue weighted by Crippen LogP contribution is -1.89. The van der Waals surface area contributed by atoms with E-state index in [0.717, 1.165) is 0 Å². The minimum atomic E-state index is 1.25. The van der Waals surface area contributed by atoms with Crippen molar-refractivity contribution >= 4 is 32.3 Å². The Kier molecular flexibility index (Phi) is 3.89. The van der Waals surface area contributed by atoms with Gasteiger partial charge in [-0.05, 0) is 66.7 Å². The molecule has 140 valence electrons. The minimum Gasteiger partial charge on any atom is -0.0622 e. The van der Waals surface area contributed by atoms with Crippen LogP contribution in [0.1, 0.15) is 0 Å². The highest BCUT2D eigenvalue weighted by atomic mass is 14.2. The van der Waals surface area contributed by atoms with E-state index in [2.05, 4.69) is 121 Å². The van der Waals surface area contributed by atoms with Crippen LogP contribution in [0.4, 0.5) is 0 Å². The molecular weight excluding hydrogens is 360 g/mol. The predicted octanol–water partition coefficient (Wildman–Crippen LogP) is 8.48. The summed E-state index contributed by atoms with van der Waals surface area (Å²) in [6.45, 7) is 0. The summed E-state index contributed by atoms with van der Waals surface area (Å²) in [5.74, 6) is 0. The van der Waals surface area contributed by atoms with Crippen molar-refractivity contribution in [1.82, 2.24) is 0 Å². The quantitative estimate of drug-likeness (QED) is 0.264. The van der Waals surface area contributed by atoms with Gasteiger partial charge in [-0.15, -0.1) is 0 Å². The van der Waals surface area contributed by atoms with Crippen molar-refractivity contribution in [3.05, 3.63) is 121 Å². The van der Waals surface area contributed by atoms with E-state index >= 15 is 0 Å². The first kappa shape index (κ1) is 17.0. The molecule has 0 amide bonds. The van der Waals surface area contributed by atoms with Crippen LogP contribution < -0.4 is 0 Å². The fraction of sp³-hybridized carbons (Fsp3) is 0. The first-order chi connectivity index (χ1) is 14.9. The molecule has 0 heteroatoms. The highest BCUT2D eigenvalue weighted by Gasteiger charge is 2.14. The van der Waals surface area contributed by atoms with E-state index in [4.69, 9.17) is 0 Å². The first-order valence-electron chi connectivity index (χ1n) is 10.4. The van der Waals surface area contributed by atoms with Gasteiger partial charge in [-0.2, -0.15) is 0 Å². The van der Waals surface area contributed by atoms with Gasteiger partial charge in [-0.25, -0.2) is 0 Å². The van der Waals surface area contributed by atoms with Crippen molar-refractivity contribution in [2.75, 3.05) is 0 Å². The Morgan fingerprint density at radius 1 is 0.367 bits per heavy atom. The summed E-state index contributed by atoms with van der Waals surface area (Å²) in [6, 6.07) is 43.9. The maximum absolute atomic E-state index is 2.33. The second-order valence-corrected chi connectivity index (χ2v) is 7.80. The van der Waals surface area contributed by atoms with Gasteiger partial charge in [0.1, 0.15) is 0 Å². The summed E-state index contributed by atoms with van der Waals surface area (Å²) in [4.78, 5) is 0. The van der Waals surface area contributed by atoms with Crippen LogP contribution in [0.2, 0.25) is 0 Å². The summed E-state index contributed by atoms with van der Waals surface area (Å²) in [5, 5.41) is 7.71. The molecule has 0 aliphatic carbocycles. The zero-order valence-corrected chi connectivity index (χ0v) is 16.5. The van der Waals surface area contributed by atoms with Crippen molar-refractivity contribution in [3.63, 3.8) is 0 Å². The average Bonchev–Trinajstić information content (AvgIpc) is 2.82. The van der Waals surface area contributed by atoms with Crippen LogP contribution in [-0.4, -0.2) is 0 Å². The molecule has 0 N–H and O–H groups in total. The Morgan fingerprint density at radius 3 is 1.93 bits per heavy atom. The van der Waals surface area contributed by atoms with Crippen LogP contribution in [0.15, 0.2) is 121 Å². The molecule has 0 saturated carbocycles. The van der Waals surface area contributed by atoms with Gasteiger partial charge in [0.25, 0.3) is 0 Å². The van der Waals surface area contributed by atoms with Gasteiger partial charge in [0.05, 0.1) is 0 Å². The molecule has 0 heterocycles. The van der Waals surface area contributed by atoms with Gasteiger partial charge in [0.15, 0.2) is 0 Å². The number of hydrogen-bond donors (Lipinski definition) is 0. The Hall–Kier alpha value is -3.90. The molecule has 0 radical (unpaired) electrons. The van der Waals surface area contributed by atoms with Crippen LogP contribution in [0, 0.1) is 0 Å². The fourth-order valence-electron chi connectivity index (χ4n) is 4.63. The van der Waals surface area contributed by atoms with E-state index in [1.165, 1.54) is 54.6 Å². The Labute approximate surface area is 176 Å². The van der Waals surface area contributed by atoms with Gasteiger partial charge in [-0.1, -0.05) is 109 Å². The Morgan fingerprint density at radius 2 is 1.07 bits per heavy atom. The van der Waals surface area contributed by atoms with Crippen LogP contribution >= 0.6 is 0 Å². The van der Waals surface area contributed by atoms with Crippen LogP contribution in [0.3, 0.4) is 0 Å². The second-order valence-electron chi connectivity index (χ2n) is 7.80. The monoisotopic (exact) mass is 380 g/mol. The van der Waals surface area contributed by atoms with Gasteiger partial charge < -0.3 is 0 Å². The van der Waals surface area contributed by atoms with Gasteiger partial charge in [0.2, 0.25) is 0 Å². The van der Waals surface area contributed by atoms with E-state index in [0.29, 0.717) is 0 Å². The van der Waals surface area contributed by atoms with E-state index in [1.54, 1.807) is 0 Å². The van der Waals surface area contributed by atoms with Gasteiger partial charge >= 0.3 is 0 Å². The summed E-state index contributed by atoms with van der Waals surface area (Å²) < 4.78 is 0. The molecule has 30 heavy (non-hydrogen) atoms. The van der Waals surface area contributed by atoms with Crippen molar-refractivity contribution in [2.45, 2.75) is 0 Å². The maximum Gasteiger partial charge on any atom is -0.00203 e. The number of fused-ring (bicyclic) bond motifs is 3. The van der Waals surface area contributed by atoms with E-state index in [1.807, 2.05) is 0 Å². The molecule has 0 nitrogen and oxygen atoms in total. The van der Waals surface area contributed by atoms with E-state index in [-0.39, 0.29) is 0 Å². The fourth-order valence-corrected chi connectivity index (χ4v) is 4.63. The number of rotatable bonds is 2. The molecule has 0 aromatic heterocycles. The average molecular weight is 380 g/mol. The Balaban J connectivity index is 1.79. The van der Waals surface area contributed by atoms with E-state index in [9.17, 15) is 0 Å². The van der Waals surface area contributed by atoms with Crippen LogP contribution in [-0.2, 0) is 0 Å². The highest BCUT2D eigenvalue weighted by Crippen LogP contribution is 2.42. The van der Waals surface area contributed by atoms with Crippen molar-refractivity contribution in [2.24, 2.45) is 0 Å². The Bertz CT molecular complexity index is 1520. The third-order valence-corrected chi connectivity index (χ3v) is 6.01. The molecule has 0 unspecified atom stereocenters. The maximum atomic E-state index is 2.33.